The first-order chi connectivity index (χ1) is 10.5. The summed E-state index contributed by atoms with van der Waals surface area (Å²) >= 11 is 1.72. The Bertz CT molecular complexity index is 578. The van der Waals surface area contributed by atoms with Gasteiger partial charge in [-0.05, 0) is 30.4 Å². The van der Waals surface area contributed by atoms with Crippen LogP contribution in [0.1, 0.15) is 31.2 Å². The molecule has 0 aliphatic carbocycles. The van der Waals surface area contributed by atoms with Crippen LogP contribution in [0.3, 0.4) is 0 Å². The van der Waals surface area contributed by atoms with E-state index < -0.39 is 0 Å². The molecule has 4 heteroatoms. The van der Waals surface area contributed by atoms with Crippen LogP contribution in [0.15, 0.2) is 47.8 Å². The monoisotopic (exact) mass is 316 g/mol. The lowest BCUT2D eigenvalue weighted by Crippen LogP contribution is -2.49. The third-order valence-electron chi connectivity index (χ3n) is 4.18. The number of carbonyl (C=O) groups excluding carboxylic acids is 1. The highest BCUT2D eigenvalue weighted by molar-refractivity contribution is 7.09. The molecule has 0 spiro atoms. The second-order valence-corrected chi connectivity index (χ2v) is 7.07. The van der Waals surface area contributed by atoms with Crippen molar-refractivity contribution < 1.29 is 4.79 Å². The molecule has 0 fully saturated rings. The van der Waals surface area contributed by atoms with E-state index in [-0.39, 0.29) is 17.5 Å². The van der Waals surface area contributed by atoms with Gasteiger partial charge in [-0.25, -0.2) is 4.79 Å². The van der Waals surface area contributed by atoms with Crippen molar-refractivity contribution in [3.8, 4) is 0 Å². The van der Waals surface area contributed by atoms with Gasteiger partial charge in [-0.3, -0.25) is 0 Å². The largest absolute Gasteiger partial charge is 0.338 e. The highest BCUT2D eigenvalue weighted by Gasteiger charge is 2.28. The van der Waals surface area contributed by atoms with Crippen molar-refractivity contribution in [1.82, 2.24) is 10.6 Å². The zero-order valence-electron chi connectivity index (χ0n) is 13.4. The van der Waals surface area contributed by atoms with Crippen LogP contribution in [0.4, 0.5) is 4.79 Å². The van der Waals surface area contributed by atoms with Gasteiger partial charge in [-0.1, -0.05) is 50.2 Å². The number of hydrogen-bond donors (Lipinski definition) is 2. The fourth-order valence-corrected chi connectivity index (χ4v) is 3.01. The van der Waals surface area contributed by atoms with Crippen molar-refractivity contribution in [3.05, 3.63) is 58.3 Å². The summed E-state index contributed by atoms with van der Waals surface area (Å²) < 4.78 is 0. The van der Waals surface area contributed by atoms with Gasteiger partial charge in [0.05, 0.1) is 0 Å². The van der Waals surface area contributed by atoms with E-state index in [9.17, 15) is 4.79 Å². The van der Waals surface area contributed by atoms with Crippen LogP contribution in [0.25, 0.3) is 0 Å². The van der Waals surface area contributed by atoms with Gasteiger partial charge in [0.1, 0.15) is 0 Å². The fourth-order valence-electron chi connectivity index (χ4n) is 2.30. The van der Waals surface area contributed by atoms with E-state index in [1.165, 1.54) is 10.4 Å². The first-order valence-corrected chi connectivity index (χ1v) is 8.50. The maximum Gasteiger partial charge on any atom is 0.315 e. The molecule has 2 N–H and O–H groups in total. The first-order valence-electron chi connectivity index (χ1n) is 7.62. The molecule has 0 bridgehead atoms. The highest BCUT2D eigenvalue weighted by Crippen LogP contribution is 2.26. The van der Waals surface area contributed by atoms with Gasteiger partial charge in [0.2, 0.25) is 0 Å². The molecule has 0 radical (unpaired) electrons. The van der Waals surface area contributed by atoms with Crippen molar-refractivity contribution in [1.29, 1.82) is 0 Å². The first kappa shape index (κ1) is 16.6. The second-order valence-electron chi connectivity index (χ2n) is 6.04. The van der Waals surface area contributed by atoms with Crippen molar-refractivity contribution >= 4 is 17.4 Å². The second kappa shape index (κ2) is 7.45. The van der Waals surface area contributed by atoms with Gasteiger partial charge in [-0.2, -0.15) is 0 Å². The smallest absolute Gasteiger partial charge is 0.315 e. The van der Waals surface area contributed by atoms with E-state index in [4.69, 9.17) is 0 Å². The van der Waals surface area contributed by atoms with Crippen LogP contribution in [0.5, 0.6) is 0 Å². The number of amides is 2. The lowest BCUT2D eigenvalue weighted by Gasteiger charge is -2.33. The minimum atomic E-state index is -0.119. The molecule has 0 aliphatic rings. The third kappa shape index (κ3) is 4.34. The minimum absolute atomic E-state index is 0.0386. The molecule has 1 heterocycles. The average Bonchev–Trinajstić information content (AvgIpc) is 3.01. The van der Waals surface area contributed by atoms with Crippen molar-refractivity contribution in [2.75, 3.05) is 6.54 Å². The molecular weight excluding hydrogens is 292 g/mol. The van der Waals surface area contributed by atoms with E-state index in [2.05, 4.69) is 48.1 Å². The number of urea groups is 1. The quantitative estimate of drug-likeness (QED) is 0.832. The van der Waals surface area contributed by atoms with Crippen LogP contribution in [-0.2, 0) is 11.8 Å². The summed E-state index contributed by atoms with van der Waals surface area (Å²) in [6.07, 6.45) is 0.877. The Morgan fingerprint density at radius 2 is 1.91 bits per heavy atom. The molecule has 1 aromatic heterocycles. The SMILES string of the molecule is CC(NC(=O)NCCc1cccs1)C(C)(C)c1ccccc1. The van der Waals surface area contributed by atoms with Crippen LogP contribution < -0.4 is 10.6 Å². The standard InChI is InChI=1S/C18H24N2OS/c1-14(18(2,3)15-8-5-4-6-9-15)20-17(21)19-12-11-16-10-7-13-22-16/h4-10,13-14H,11-12H2,1-3H3,(H2,19,20,21). The summed E-state index contributed by atoms with van der Waals surface area (Å²) in [6, 6.07) is 14.3. The maximum absolute atomic E-state index is 12.0. The lowest BCUT2D eigenvalue weighted by atomic mass is 9.78. The van der Waals surface area contributed by atoms with E-state index in [1.807, 2.05) is 31.2 Å². The zero-order valence-corrected chi connectivity index (χ0v) is 14.2. The number of nitrogens with one attached hydrogen (secondary N) is 2. The summed E-state index contributed by atoms with van der Waals surface area (Å²) in [5.74, 6) is 0. The molecule has 1 unspecified atom stereocenters. The number of carbonyl (C=O) groups is 1. The summed E-state index contributed by atoms with van der Waals surface area (Å²) in [4.78, 5) is 13.3. The molecule has 2 aromatic rings. The van der Waals surface area contributed by atoms with Gasteiger partial charge < -0.3 is 10.6 Å². The van der Waals surface area contributed by atoms with E-state index in [0.717, 1.165) is 6.42 Å². The van der Waals surface area contributed by atoms with E-state index in [1.54, 1.807) is 11.3 Å². The van der Waals surface area contributed by atoms with Crippen LogP contribution in [-0.4, -0.2) is 18.6 Å². The lowest BCUT2D eigenvalue weighted by molar-refractivity contribution is 0.231. The normalized spacial score (nSPS) is 12.7. The molecule has 0 aliphatic heterocycles. The predicted octanol–water partition coefficient (Wildman–Crippen LogP) is 3.96. The molecule has 0 saturated carbocycles. The predicted molar refractivity (Wildman–Crippen MR) is 93.5 cm³/mol. The molecule has 0 saturated heterocycles. The molecule has 2 rings (SSSR count). The van der Waals surface area contributed by atoms with Gasteiger partial charge in [0.15, 0.2) is 0 Å². The van der Waals surface area contributed by atoms with Crippen molar-refractivity contribution in [2.24, 2.45) is 0 Å². The van der Waals surface area contributed by atoms with Gasteiger partial charge in [0.25, 0.3) is 0 Å². The Kier molecular flexibility index (Phi) is 5.61. The Hall–Kier alpha value is -1.81. The third-order valence-corrected chi connectivity index (χ3v) is 5.12. The summed E-state index contributed by atoms with van der Waals surface area (Å²) in [5, 5.41) is 8.04. The van der Waals surface area contributed by atoms with Crippen molar-refractivity contribution in [3.63, 3.8) is 0 Å². The molecule has 118 valence electrons. The van der Waals surface area contributed by atoms with E-state index >= 15 is 0 Å². The number of benzene rings is 1. The summed E-state index contributed by atoms with van der Waals surface area (Å²) in [7, 11) is 0. The summed E-state index contributed by atoms with van der Waals surface area (Å²) in [5.41, 5.74) is 1.10. The summed E-state index contributed by atoms with van der Waals surface area (Å²) in [6.45, 7) is 7.01. The average molecular weight is 316 g/mol. The Labute approximate surface area is 136 Å². The van der Waals surface area contributed by atoms with Gasteiger partial charge in [0, 0.05) is 22.9 Å². The minimum Gasteiger partial charge on any atom is -0.338 e. The topological polar surface area (TPSA) is 41.1 Å². The highest BCUT2D eigenvalue weighted by atomic mass is 32.1. The Morgan fingerprint density at radius 1 is 1.18 bits per heavy atom. The Morgan fingerprint density at radius 3 is 2.55 bits per heavy atom. The number of hydrogen-bond acceptors (Lipinski definition) is 2. The number of rotatable bonds is 6. The number of thiophene rings is 1. The van der Waals surface area contributed by atoms with Crippen LogP contribution in [0.2, 0.25) is 0 Å². The molecule has 22 heavy (non-hydrogen) atoms. The molecular formula is C18H24N2OS. The molecule has 3 nitrogen and oxygen atoms in total. The fraction of sp³-hybridized carbons (Fsp3) is 0.389. The van der Waals surface area contributed by atoms with Crippen molar-refractivity contribution in [2.45, 2.75) is 38.6 Å². The van der Waals surface area contributed by atoms with E-state index in [0.29, 0.717) is 6.54 Å². The van der Waals surface area contributed by atoms with Gasteiger partial charge >= 0.3 is 6.03 Å². The zero-order chi connectivity index (χ0) is 16.0. The molecule has 2 amide bonds. The molecule has 1 aromatic carbocycles. The van der Waals surface area contributed by atoms with Crippen LogP contribution in [0, 0.1) is 0 Å². The van der Waals surface area contributed by atoms with Gasteiger partial charge in [-0.15, -0.1) is 11.3 Å². The molecule has 1 atom stereocenters. The van der Waals surface area contributed by atoms with Crippen LogP contribution >= 0.6 is 11.3 Å². The Balaban J connectivity index is 1.82. The maximum atomic E-state index is 12.0.